The Hall–Kier alpha value is -2.93. The van der Waals surface area contributed by atoms with E-state index in [1.807, 2.05) is 6.07 Å². The molecule has 2 aliphatic rings. The number of alkyl halides is 2. The molecule has 4 aromatic rings. The highest BCUT2D eigenvalue weighted by Gasteiger charge is 2.35. The zero-order valence-electron chi connectivity index (χ0n) is 21.6. The van der Waals surface area contributed by atoms with Crippen LogP contribution < -0.4 is 20.7 Å². The Morgan fingerprint density at radius 2 is 1.90 bits per heavy atom. The van der Waals surface area contributed by atoms with E-state index in [-0.39, 0.29) is 39.9 Å². The minimum atomic E-state index is -3.00. The topological polar surface area (TPSA) is 92.4 Å². The molecule has 0 amide bonds. The van der Waals surface area contributed by atoms with E-state index in [2.05, 4.69) is 32.2 Å². The Balaban J connectivity index is 0.000000455. The summed E-state index contributed by atoms with van der Waals surface area (Å²) in [7, 11) is 3.50. The summed E-state index contributed by atoms with van der Waals surface area (Å²) in [6.45, 7) is 2.14. The summed E-state index contributed by atoms with van der Waals surface area (Å²) in [5, 5.41) is 3.34. The minimum absolute atomic E-state index is 0.0776. The quantitative estimate of drug-likeness (QED) is 0.348. The number of nitrogens with two attached hydrogens (primary N) is 1. The number of nitrogens with one attached hydrogen (secondary N) is 1. The zero-order valence-corrected chi connectivity index (χ0v) is 23.2. The summed E-state index contributed by atoms with van der Waals surface area (Å²) in [4.78, 5) is 16.5. The number of rotatable bonds is 3. The molecular formula is C26H29ClF3N7OS. The van der Waals surface area contributed by atoms with Crippen LogP contribution >= 0.6 is 22.9 Å². The highest BCUT2D eigenvalue weighted by molar-refractivity contribution is 7.22. The molecule has 2 aliphatic heterocycles. The lowest BCUT2D eigenvalue weighted by Crippen LogP contribution is -2.39. The van der Waals surface area contributed by atoms with Crippen molar-refractivity contribution in [3.63, 3.8) is 0 Å². The molecule has 0 radical (unpaired) electrons. The van der Waals surface area contributed by atoms with Crippen molar-refractivity contribution in [2.24, 2.45) is 0 Å². The maximum atomic E-state index is 16.0. The first kappa shape index (κ1) is 27.6. The smallest absolute Gasteiger partial charge is 0.318 e. The maximum Gasteiger partial charge on any atom is 0.318 e. The third-order valence-electron chi connectivity index (χ3n) is 6.72. The number of halogens is 4. The summed E-state index contributed by atoms with van der Waals surface area (Å²) >= 11 is 7.84. The van der Waals surface area contributed by atoms with Crippen LogP contribution in [0, 0.1) is 5.82 Å². The van der Waals surface area contributed by atoms with Crippen molar-refractivity contribution in [1.82, 2.24) is 25.2 Å². The Bertz CT molecular complexity index is 1500. The zero-order chi connectivity index (χ0) is 27.7. The van der Waals surface area contributed by atoms with Crippen LogP contribution in [0.3, 0.4) is 0 Å². The highest BCUT2D eigenvalue weighted by atomic mass is 35.5. The fourth-order valence-corrected chi connectivity index (χ4v) is 5.92. The number of aromatic nitrogens is 3. The van der Waals surface area contributed by atoms with Gasteiger partial charge in [-0.1, -0.05) is 35.1 Å². The van der Waals surface area contributed by atoms with E-state index in [0.717, 1.165) is 4.70 Å². The number of thiazole rings is 1. The van der Waals surface area contributed by atoms with E-state index in [1.165, 1.54) is 55.3 Å². The molecule has 0 atom stereocenters. The minimum Gasteiger partial charge on any atom is -0.467 e. The Labute approximate surface area is 232 Å². The highest BCUT2D eigenvalue weighted by Crippen LogP contribution is 2.42. The number of anilines is 2. The molecule has 0 aliphatic carbocycles. The van der Waals surface area contributed by atoms with Gasteiger partial charge in [0.15, 0.2) is 10.9 Å². The van der Waals surface area contributed by atoms with Crippen molar-refractivity contribution in [3.05, 3.63) is 35.1 Å². The predicted molar refractivity (Wildman–Crippen MR) is 151 cm³/mol. The van der Waals surface area contributed by atoms with E-state index in [4.69, 9.17) is 22.1 Å². The van der Waals surface area contributed by atoms with Crippen LogP contribution in [0.5, 0.6) is 6.01 Å². The van der Waals surface area contributed by atoms with Gasteiger partial charge < -0.3 is 25.6 Å². The van der Waals surface area contributed by atoms with Gasteiger partial charge in [-0.25, -0.2) is 18.2 Å². The predicted octanol–water partition coefficient (Wildman–Crippen LogP) is 5.05. The first-order valence-electron chi connectivity index (χ1n) is 12.6. The van der Waals surface area contributed by atoms with Crippen molar-refractivity contribution in [1.29, 1.82) is 0 Å². The number of likely N-dealkylation sites (tertiary alicyclic amines) is 1. The number of para-hydroxylation sites is 1. The average Bonchev–Trinajstić information content (AvgIpc) is 3.49. The molecule has 0 saturated carbocycles. The van der Waals surface area contributed by atoms with Crippen LogP contribution in [-0.4, -0.2) is 79.2 Å². The fourth-order valence-electron chi connectivity index (χ4n) is 4.86. The van der Waals surface area contributed by atoms with Crippen molar-refractivity contribution in [2.75, 3.05) is 64.1 Å². The molecule has 39 heavy (non-hydrogen) atoms. The third kappa shape index (κ3) is 5.84. The van der Waals surface area contributed by atoms with Crippen molar-refractivity contribution >= 4 is 55.0 Å². The summed E-state index contributed by atoms with van der Waals surface area (Å²) in [6.07, 6.45) is 2.83. The number of fused-ring (bicyclic) bond motifs is 2. The lowest BCUT2D eigenvalue weighted by Gasteiger charge is -2.26. The van der Waals surface area contributed by atoms with E-state index >= 15 is 4.39 Å². The normalized spacial score (nSPS) is 17.7. The lowest BCUT2D eigenvalue weighted by atomic mass is 10.0. The summed E-state index contributed by atoms with van der Waals surface area (Å²) < 4.78 is 50.5. The molecule has 2 fully saturated rings. The molecule has 0 spiro atoms. The molecule has 2 aromatic carbocycles. The van der Waals surface area contributed by atoms with Crippen molar-refractivity contribution in [3.8, 4) is 17.1 Å². The van der Waals surface area contributed by atoms with Gasteiger partial charge in [-0.3, -0.25) is 0 Å². The fraction of sp³-hybridized carbons (Fsp3) is 0.423. The standard InChI is InChI=1S/C21H18ClF3N6OS.C5H11N/c1-32-20-29-17-11(18(30-20)31-6-5-27-8-21(24,25)9-31)7-12(22)14(15(17)23)10-3-2-4-13-16(10)28-19(26)33-13;1-6-4-2-3-5-6/h2-4,7,27H,5-6,8-9H2,1H3,(H2,26,28);2-5H2,1H3. The number of ether oxygens (including phenoxy) is 1. The van der Waals surface area contributed by atoms with Gasteiger partial charge in [0.25, 0.3) is 5.92 Å². The van der Waals surface area contributed by atoms with Gasteiger partial charge in [0.1, 0.15) is 11.3 Å². The van der Waals surface area contributed by atoms with Crippen LogP contribution in [0.1, 0.15) is 12.8 Å². The van der Waals surface area contributed by atoms with Gasteiger partial charge in [-0.15, -0.1) is 0 Å². The van der Waals surface area contributed by atoms with E-state index in [0.29, 0.717) is 22.8 Å². The Morgan fingerprint density at radius 1 is 1.13 bits per heavy atom. The first-order valence-corrected chi connectivity index (χ1v) is 13.8. The molecule has 0 unspecified atom stereocenters. The summed E-state index contributed by atoms with van der Waals surface area (Å²) in [6, 6.07) is 6.64. The van der Waals surface area contributed by atoms with Crippen LogP contribution in [0.15, 0.2) is 24.3 Å². The molecule has 6 rings (SSSR count). The lowest BCUT2D eigenvalue weighted by molar-refractivity contribution is 0.0156. The number of methoxy groups -OCH3 is 1. The molecule has 4 heterocycles. The molecule has 8 nitrogen and oxygen atoms in total. The third-order valence-corrected chi connectivity index (χ3v) is 7.87. The monoisotopic (exact) mass is 579 g/mol. The SMILES string of the molecule is CN1CCCC1.COc1nc(N2CCNCC(F)(F)C2)c2cc(Cl)c(-c3cccc4sc(N)nc34)c(F)c2n1. The van der Waals surface area contributed by atoms with Crippen LogP contribution in [0.2, 0.25) is 5.02 Å². The second-order valence-corrected chi connectivity index (χ2v) is 11.1. The largest absolute Gasteiger partial charge is 0.467 e. The molecule has 208 valence electrons. The summed E-state index contributed by atoms with van der Waals surface area (Å²) in [5.74, 6) is -3.59. The molecular weight excluding hydrogens is 551 g/mol. The second kappa shape index (κ2) is 11.3. The van der Waals surface area contributed by atoms with Crippen LogP contribution in [0.25, 0.3) is 32.2 Å². The van der Waals surface area contributed by atoms with Crippen LogP contribution in [0.4, 0.5) is 24.1 Å². The summed E-state index contributed by atoms with van der Waals surface area (Å²) in [5.41, 5.74) is 6.82. The van der Waals surface area contributed by atoms with Crippen molar-refractivity contribution in [2.45, 2.75) is 18.8 Å². The molecule has 2 saturated heterocycles. The van der Waals surface area contributed by atoms with Gasteiger partial charge >= 0.3 is 6.01 Å². The van der Waals surface area contributed by atoms with Crippen LogP contribution in [-0.2, 0) is 0 Å². The number of benzene rings is 2. The molecule has 0 bridgehead atoms. The van der Waals surface area contributed by atoms with Gasteiger partial charge in [0.2, 0.25) is 0 Å². The number of nitrogens with zero attached hydrogens (tertiary/aromatic N) is 5. The Morgan fingerprint density at radius 3 is 2.59 bits per heavy atom. The van der Waals surface area contributed by atoms with Gasteiger partial charge in [-0.2, -0.15) is 9.97 Å². The number of nitrogen functional groups attached to an aromatic ring is 1. The molecule has 2 aromatic heterocycles. The number of hydrogen-bond donors (Lipinski definition) is 2. The first-order chi connectivity index (χ1) is 18.7. The van der Waals surface area contributed by atoms with Gasteiger partial charge in [-0.05, 0) is 45.1 Å². The van der Waals surface area contributed by atoms with E-state index < -0.39 is 24.8 Å². The van der Waals surface area contributed by atoms with Crippen molar-refractivity contribution < 1.29 is 17.9 Å². The van der Waals surface area contributed by atoms with E-state index in [9.17, 15) is 8.78 Å². The van der Waals surface area contributed by atoms with Gasteiger partial charge in [0.05, 0.1) is 35.4 Å². The van der Waals surface area contributed by atoms with Gasteiger partial charge in [0, 0.05) is 29.6 Å². The molecule has 13 heteroatoms. The average molecular weight is 580 g/mol. The second-order valence-electron chi connectivity index (χ2n) is 9.65. The van der Waals surface area contributed by atoms with E-state index in [1.54, 1.807) is 12.1 Å². The Kier molecular flexibility index (Phi) is 7.99. The maximum absolute atomic E-state index is 16.0. The number of hydrogen-bond acceptors (Lipinski definition) is 9. The molecule has 3 N–H and O–H groups in total.